The molecular weight excluding hydrogens is 525 g/mol. The second kappa shape index (κ2) is 12.8. The van der Waals surface area contributed by atoms with Crippen molar-refractivity contribution in [2.24, 2.45) is 11.8 Å². The van der Waals surface area contributed by atoms with Crippen LogP contribution in [0.3, 0.4) is 0 Å². The normalized spacial score (nSPS) is 22.8. The minimum absolute atomic E-state index is 0.0275. The van der Waals surface area contributed by atoms with E-state index >= 15 is 0 Å². The Hall–Kier alpha value is -2.53. The molecule has 0 radical (unpaired) electrons. The molecule has 11 heteroatoms. The number of likely N-dealkylation sites (tertiary alicyclic amines) is 2. The topological polar surface area (TPSA) is 102 Å². The van der Waals surface area contributed by atoms with Crippen molar-refractivity contribution in [2.45, 2.75) is 44.3 Å². The first-order chi connectivity index (χ1) is 18.8. The highest BCUT2D eigenvalue weighted by Crippen LogP contribution is 2.26. The summed E-state index contributed by atoms with van der Waals surface area (Å²) in [6, 6.07) is 4.75. The van der Waals surface area contributed by atoms with Crippen molar-refractivity contribution in [3.63, 3.8) is 0 Å². The predicted molar refractivity (Wildman–Crippen MR) is 145 cm³/mol. The monoisotopic (exact) mass is 561 g/mol. The fraction of sp³-hybridized carbons (Fsp3) is 0.607. The van der Waals surface area contributed by atoms with E-state index in [9.17, 15) is 19.4 Å². The summed E-state index contributed by atoms with van der Waals surface area (Å²) in [6.45, 7) is 5.29. The van der Waals surface area contributed by atoms with Gasteiger partial charge in [-0.1, -0.05) is 17.7 Å². The first-order valence-corrected chi connectivity index (χ1v) is 14.2. The van der Waals surface area contributed by atoms with Crippen LogP contribution in [0.25, 0.3) is 0 Å². The zero-order chi connectivity index (χ0) is 27.4. The largest absolute Gasteiger partial charge is 0.493 e. The molecule has 39 heavy (non-hydrogen) atoms. The SMILES string of the molecule is O=C(Cc1ccc(OCCCC2CCN(c3ncc(Cl)cn3)CC2)cc1F)N1CC(CN2CC(O)[C@@H](O)C2)C1. The van der Waals surface area contributed by atoms with E-state index in [0.717, 1.165) is 51.3 Å². The third kappa shape index (κ3) is 7.36. The number of rotatable bonds is 10. The quantitative estimate of drug-likeness (QED) is 0.426. The number of carbonyl (C=O) groups is 1. The number of ether oxygens (including phenoxy) is 1. The van der Waals surface area contributed by atoms with Crippen LogP contribution in [-0.4, -0.2) is 101 Å². The zero-order valence-electron chi connectivity index (χ0n) is 22.1. The van der Waals surface area contributed by atoms with Gasteiger partial charge in [0, 0.05) is 57.8 Å². The van der Waals surface area contributed by atoms with Crippen LogP contribution >= 0.6 is 11.6 Å². The molecule has 0 bridgehead atoms. The molecule has 3 aliphatic heterocycles. The molecule has 3 fully saturated rings. The van der Waals surface area contributed by atoms with Gasteiger partial charge in [-0.15, -0.1) is 0 Å². The summed E-state index contributed by atoms with van der Waals surface area (Å²) in [4.78, 5) is 27.2. The number of β-amino-alcohol motifs (C(OH)–C–C–N with tert-alkyl or cyclic N) is 2. The third-order valence-corrected chi connectivity index (χ3v) is 8.25. The number of anilines is 1. The van der Waals surface area contributed by atoms with Crippen molar-refractivity contribution >= 4 is 23.5 Å². The summed E-state index contributed by atoms with van der Waals surface area (Å²) in [7, 11) is 0. The predicted octanol–water partition coefficient (Wildman–Crippen LogP) is 2.38. The zero-order valence-corrected chi connectivity index (χ0v) is 22.8. The Kier molecular flexibility index (Phi) is 9.17. The minimum Gasteiger partial charge on any atom is -0.493 e. The molecule has 2 aromatic rings. The van der Waals surface area contributed by atoms with E-state index in [1.165, 1.54) is 6.07 Å². The van der Waals surface area contributed by atoms with Crippen molar-refractivity contribution in [3.8, 4) is 5.75 Å². The highest BCUT2D eigenvalue weighted by molar-refractivity contribution is 6.30. The number of piperidine rings is 1. The van der Waals surface area contributed by atoms with E-state index in [1.54, 1.807) is 29.4 Å². The molecule has 2 N–H and O–H groups in total. The van der Waals surface area contributed by atoms with E-state index in [4.69, 9.17) is 16.3 Å². The lowest BCUT2D eigenvalue weighted by molar-refractivity contribution is -0.137. The van der Waals surface area contributed by atoms with E-state index in [1.807, 2.05) is 4.90 Å². The maximum absolute atomic E-state index is 14.7. The van der Waals surface area contributed by atoms with Gasteiger partial charge in [0.05, 0.1) is 42.7 Å². The first kappa shape index (κ1) is 28.0. The molecule has 1 amide bonds. The first-order valence-electron chi connectivity index (χ1n) is 13.8. The van der Waals surface area contributed by atoms with E-state index in [-0.39, 0.29) is 12.3 Å². The van der Waals surface area contributed by atoms with Crippen molar-refractivity contribution in [2.75, 3.05) is 57.3 Å². The lowest BCUT2D eigenvalue weighted by Gasteiger charge is -2.41. The van der Waals surface area contributed by atoms with Crippen molar-refractivity contribution < 1.29 is 24.1 Å². The van der Waals surface area contributed by atoms with Gasteiger partial charge in [0.2, 0.25) is 11.9 Å². The number of amides is 1. The van der Waals surface area contributed by atoms with Gasteiger partial charge in [-0.25, -0.2) is 14.4 Å². The number of aliphatic hydroxyl groups is 2. The second-order valence-corrected chi connectivity index (χ2v) is 11.5. The van der Waals surface area contributed by atoms with E-state index in [0.29, 0.717) is 61.0 Å². The summed E-state index contributed by atoms with van der Waals surface area (Å²) in [6.07, 6.45) is 5.99. The van der Waals surface area contributed by atoms with Crippen molar-refractivity contribution in [3.05, 3.63) is 47.0 Å². The number of hydrogen-bond acceptors (Lipinski definition) is 8. The summed E-state index contributed by atoms with van der Waals surface area (Å²) < 4.78 is 20.5. The summed E-state index contributed by atoms with van der Waals surface area (Å²) in [5, 5.41) is 19.9. The van der Waals surface area contributed by atoms with Gasteiger partial charge in [-0.3, -0.25) is 9.69 Å². The van der Waals surface area contributed by atoms with Crippen LogP contribution in [0.4, 0.5) is 10.3 Å². The van der Waals surface area contributed by atoms with Crippen LogP contribution in [0.1, 0.15) is 31.2 Å². The van der Waals surface area contributed by atoms with Crippen LogP contribution in [-0.2, 0) is 11.2 Å². The molecule has 4 heterocycles. The van der Waals surface area contributed by atoms with Crippen LogP contribution in [0.5, 0.6) is 5.75 Å². The number of benzene rings is 1. The van der Waals surface area contributed by atoms with Crippen LogP contribution in [0.2, 0.25) is 5.02 Å². The maximum Gasteiger partial charge on any atom is 0.227 e. The molecule has 1 aromatic carbocycles. The molecular formula is C28H37ClFN5O4. The molecule has 5 rings (SSSR count). The maximum atomic E-state index is 14.7. The Bertz CT molecular complexity index is 1100. The lowest BCUT2D eigenvalue weighted by Crippen LogP contribution is -2.54. The molecule has 0 aliphatic carbocycles. The van der Waals surface area contributed by atoms with Gasteiger partial charge in [0.25, 0.3) is 0 Å². The van der Waals surface area contributed by atoms with Gasteiger partial charge in [-0.05, 0) is 43.2 Å². The average molecular weight is 562 g/mol. The van der Waals surface area contributed by atoms with E-state index < -0.39 is 18.0 Å². The minimum atomic E-state index is -0.696. The van der Waals surface area contributed by atoms with Crippen LogP contribution in [0, 0.1) is 17.7 Å². The number of aromatic nitrogens is 2. The Morgan fingerprint density at radius 1 is 1.05 bits per heavy atom. The molecule has 9 nitrogen and oxygen atoms in total. The Morgan fingerprint density at radius 3 is 2.41 bits per heavy atom. The molecule has 3 aliphatic rings. The molecule has 3 saturated heterocycles. The summed E-state index contributed by atoms with van der Waals surface area (Å²) >= 11 is 5.87. The molecule has 0 saturated carbocycles. The standard InChI is InChI=1S/C28H37ClFN5O4/c29-22-12-31-28(32-13-22)34-7-5-19(6-8-34)2-1-9-39-23-4-3-21(24(30)11-23)10-27(38)35-15-20(16-35)14-33-17-25(36)26(37)18-33/h3-4,11-13,19-20,25-26,36-37H,1-2,5-10,14-18H2/t25-,26?/m0/s1. The van der Waals surface area contributed by atoms with Crippen LogP contribution < -0.4 is 9.64 Å². The van der Waals surface area contributed by atoms with Gasteiger partial charge in [0.1, 0.15) is 11.6 Å². The van der Waals surface area contributed by atoms with Crippen molar-refractivity contribution in [1.29, 1.82) is 0 Å². The highest BCUT2D eigenvalue weighted by Gasteiger charge is 2.36. The smallest absolute Gasteiger partial charge is 0.227 e. The molecule has 0 spiro atoms. The number of nitrogens with zero attached hydrogens (tertiary/aromatic N) is 5. The average Bonchev–Trinajstić information content (AvgIpc) is 3.22. The Labute approximate surface area is 233 Å². The fourth-order valence-electron chi connectivity index (χ4n) is 5.74. The second-order valence-electron chi connectivity index (χ2n) is 11.1. The molecule has 1 unspecified atom stereocenters. The number of aliphatic hydroxyl groups excluding tert-OH is 2. The van der Waals surface area contributed by atoms with Crippen LogP contribution in [0.15, 0.2) is 30.6 Å². The molecule has 2 atom stereocenters. The Balaban J connectivity index is 0.971. The summed E-state index contributed by atoms with van der Waals surface area (Å²) in [5.74, 6) is 1.64. The van der Waals surface area contributed by atoms with Gasteiger partial charge >= 0.3 is 0 Å². The molecule has 1 aromatic heterocycles. The van der Waals surface area contributed by atoms with Gasteiger partial charge in [-0.2, -0.15) is 0 Å². The lowest BCUT2D eigenvalue weighted by atomic mass is 9.92. The number of hydrogen-bond donors (Lipinski definition) is 2. The van der Waals surface area contributed by atoms with Gasteiger partial charge < -0.3 is 24.7 Å². The number of halogens is 2. The van der Waals surface area contributed by atoms with Gasteiger partial charge in [0.15, 0.2) is 0 Å². The summed E-state index contributed by atoms with van der Waals surface area (Å²) in [5.41, 5.74) is 0.373. The Morgan fingerprint density at radius 2 is 1.74 bits per heavy atom. The fourth-order valence-corrected chi connectivity index (χ4v) is 5.84. The van der Waals surface area contributed by atoms with Crippen molar-refractivity contribution in [1.82, 2.24) is 19.8 Å². The molecule has 212 valence electrons. The van der Waals surface area contributed by atoms with E-state index in [2.05, 4.69) is 14.9 Å². The highest BCUT2D eigenvalue weighted by atomic mass is 35.5. The third-order valence-electron chi connectivity index (χ3n) is 8.06. The number of carbonyl (C=O) groups excluding carboxylic acids is 1.